The van der Waals surface area contributed by atoms with Crippen molar-refractivity contribution in [3.8, 4) is 5.75 Å². The second-order valence-electron chi connectivity index (χ2n) is 9.32. The van der Waals surface area contributed by atoms with Crippen LogP contribution < -0.4 is 27.0 Å². The van der Waals surface area contributed by atoms with Crippen LogP contribution >= 0.6 is 0 Å². The van der Waals surface area contributed by atoms with E-state index in [4.69, 9.17) is 4.74 Å². The number of rotatable bonds is 9. The highest BCUT2D eigenvalue weighted by molar-refractivity contribution is 5.97. The summed E-state index contributed by atoms with van der Waals surface area (Å²) in [4.78, 5) is 57.0. The highest BCUT2D eigenvalue weighted by Gasteiger charge is 2.22. The Balaban J connectivity index is 1.82. The van der Waals surface area contributed by atoms with E-state index in [1.807, 2.05) is 13.8 Å². The average Bonchev–Trinajstić information content (AvgIpc) is 3.22. The lowest BCUT2D eigenvalue weighted by molar-refractivity contribution is 0.384. The molecule has 3 heterocycles. The van der Waals surface area contributed by atoms with Gasteiger partial charge in [-0.2, -0.15) is 0 Å². The van der Waals surface area contributed by atoms with Crippen LogP contribution in [-0.4, -0.2) is 21.2 Å². The SMILES string of the molecule is CCCCC(CC)Cn1c(=O)c2cc3c(=O)n(Cc4ncc(C)c(OC)c4C)c(=O)c3cc2c1=O. The van der Waals surface area contributed by atoms with E-state index < -0.39 is 22.2 Å². The molecule has 0 aliphatic rings. The van der Waals surface area contributed by atoms with Crippen molar-refractivity contribution in [3.63, 3.8) is 0 Å². The number of aryl methyl sites for hydroxylation is 1. The zero-order chi connectivity index (χ0) is 25.4. The summed E-state index contributed by atoms with van der Waals surface area (Å²) >= 11 is 0. The zero-order valence-electron chi connectivity index (χ0n) is 20.9. The van der Waals surface area contributed by atoms with Gasteiger partial charge in [0, 0.05) is 23.9 Å². The maximum absolute atomic E-state index is 13.2. The molecule has 0 spiro atoms. The van der Waals surface area contributed by atoms with Crippen LogP contribution in [0, 0.1) is 19.8 Å². The Morgan fingerprint density at radius 2 is 1.43 bits per heavy atom. The van der Waals surface area contributed by atoms with Gasteiger partial charge >= 0.3 is 0 Å². The van der Waals surface area contributed by atoms with Crippen LogP contribution in [0.2, 0.25) is 0 Å². The third-order valence-corrected chi connectivity index (χ3v) is 7.10. The van der Waals surface area contributed by atoms with Gasteiger partial charge in [-0.05, 0) is 38.3 Å². The van der Waals surface area contributed by atoms with Crippen molar-refractivity contribution >= 4 is 21.5 Å². The third kappa shape index (κ3) is 4.11. The standard InChI is InChI=1S/C27H31N3O5/c1-6-8-9-17(7-2)13-29-24(31)18-10-20-21(11-19(18)25(29)32)27(34)30(26(20)33)14-22-16(4)23(35-5)15(3)12-28-22/h10-12,17H,6-9,13-14H2,1-5H3. The highest BCUT2D eigenvalue weighted by atomic mass is 16.5. The molecule has 4 aromatic rings. The molecule has 0 amide bonds. The Labute approximate surface area is 202 Å². The number of unbranched alkanes of at least 4 members (excludes halogenated alkanes) is 1. The Bertz CT molecular complexity index is 1540. The lowest BCUT2D eigenvalue weighted by atomic mass is 9.99. The second-order valence-corrected chi connectivity index (χ2v) is 9.32. The van der Waals surface area contributed by atoms with Gasteiger partial charge in [0.15, 0.2) is 0 Å². The molecule has 1 atom stereocenters. The molecular formula is C27H31N3O5. The summed E-state index contributed by atoms with van der Waals surface area (Å²) in [5, 5.41) is 0.666. The molecular weight excluding hydrogens is 446 g/mol. The normalized spacial score (nSPS) is 12.6. The van der Waals surface area contributed by atoms with Gasteiger partial charge in [-0.25, -0.2) is 0 Å². The summed E-state index contributed by atoms with van der Waals surface area (Å²) in [5.41, 5.74) is 0.355. The minimum atomic E-state index is -0.498. The van der Waals surface area contributed by atoms with E-state index in [0.717, 1.165) is 41.4 Å². The van der Waals surface area contributed by atoms with Crippen molar-refractivity contribution in [1.82, 2.24) is 14.1 Å². The molecule has 0 saturated carbocycles. The van der Waals surface area contributed by atoms with E-state index >= 15 is 0 Å². The first-order chi connectivity index (χ1) is 16.7. The molecule has 0 bridgehead atoms. The number of methoxy groups -OCH3 is 1. The van der Waals surface area contributed by atoms with E-state index in [-0.39, 0.29) is 34.0 Å². The molecule has 1 unspecified atom stereocenters. The highest BCUT2D eigenvalue weighted by Crippen LogP contribution is 2.24. The van der Waals surface area contributed by atoms with Crippen molar-refractivity contribution in [1.29, 1.82) is 0 Å². The van der Waals surface area contributed by atoms with Gasteiger partial charge in [0.05, 0.1) is 40.9 Å². The van der Waals surface area contributed by atoms with Crippen LogP contribution in [0.5, 0.6) is 5.75 Å². The van der Waals surface area contributed by atoms with Gasteiger partial charge in [0.2, 0.25) is 0 Å². The first-order valence-electron chi connectivity index (χ1n) is 12.1. The fourth-order valence-electron chi connectivity index (χ4n) is 4.94. The molecule has 8 nitrogen and oxygen atoms in total. The van der Waals surface area contributed by atoms with Gasteiger partial charge in [-0.15, -0.1) is 0 Å². The van der Waals surface area contributed by atoms with Gasteiger partial charge in [0.1, 0.15) is 5.75 Å². The number of hydrogen-bond acceptors (Lipinski definition) is 6. The summed E-state index contributed by atoms with van der Waals surface area (Å²) in [6, 6.07) is 2.82. The van der Waals surface area contributed by atoms with Crippen LogP contribution in [0.15, 0.2) is 37.5 Å². The fraction of sp³-hybridized carbons (Fsp3) is 0.444. The summed E-state index contributed by atoms with van der Waals surface area (Å²) in [5.74, 6) is 0.885. The maximum atomic E-state index is 13.2. The maximum Gasteiger partial charge on any atom is 0.261 e. The monoisotopic (exact) mass is 477 g/mol. The van der Waals surface area contributed by atoms with Gasteiger partial charge in [-0.3, -0.25) is 33.3 Å². The first-order valence-corrected chi connectivity index (χ1v) is 12.1. The molecule has 4 rings (SSSR count). The molecule has 0 fully saturated rings. The van der Waals surface area contributed by atoms with Crippen LogP contribution in [0.1, 0.15) is 56.4 Å². The lowest BCUT2D eigenvalue weighted by Crippen LogP contribution is -2.29. The number of hydrogen-bond donors (Lipinski definition) is 0. The molecule has 0 aliphatic heterocycles. The van der Waals surface area contributed by atoms with Gasteiger partial charge in [0.25, 0.3) is 22.2 Å². The fourth-order valence-corrected chi connectivity index (χ4v) is 4.94. The van der Waals surface area contributed by atoms with E-state index in [0.29, 0.717) is 18.0 Å². The summed E-state index contributed by atoms with van der Waals surface area (Å²) in [6.07, 6.45) is 5.55. The van der Waals surface area contributed by atoms with Crippen LogP contribution in [-0.2, 0) is 13.1 Å². The predicted molar refractivity (Wildman–Crippen MR) is 138 cm³/mol. The summed E-state index contributed by atoms with van der Waals surface area (Å²) in [7, 11) is 1.56. The molecule has 8 heteroatoms. The second kappa shape index (κ2) is 9.60. The lowest BCUT2D eigenvalue weighted by Gasteiger charge is -2.13. The molecule has 0 aliphatic carbocycles. The number of pyridine rings is 1. The van der Waals surface area contributed by atoms with Crippen molar-refractivity contribution in [2.24, 2.45) is 5.92 Å². The van der Waals surface area contributed by atoms with E-state index in [2.05, 4.69) is 18.8 Å². The number of nitrogens with zero attached hydrogens (tertiary/aromatic N) is 3. The zero-order valence-corrected chi connectivity index (χ0v) is 20.9. The minimum absolute atomic E-state index is 0.0247. The minimum Gasteiger partial charge on any atom is -0.496 e. The first kappa shape index (κ1) is 24.6. The van der Waals surface area contributed by atoms with Crippen molar-refractivity contribution in [3.05, 3.63) is 76.6 Å². The van der Waals surface area contributed by atoms with Gasteiger partial charge in [-0.1, -0.05) is 33.1 Å². The third-order valence-electron chi connectivity index (χ3n) is 7.10. The van der Waals surface area contributed by atoms with Crippen LogP contribution in [0.3, 0.4) is 0 Å². The molecule has 3 aromatic heterocycles. The molecule has 184 valence electrons. The average molecular weight is 478 g/mol. The Morgan fingerprint density at radius 1 is 0.886 bits per heavy atom. The number of ether oxygens (including phenoxy) is 1. The van der Waals surface area contributed by atoms with Crippen molar-refractivity contribution in [2.75, 3.05) is 7.11 Å². The number of aromatic nitrogens is 3. The van der Waals surface area contributed by atoms with Crippen LogP contribution in [0.4, 0.5) is 0 Å². The molecule has 0 radical (unpaired) electrons. The van der Waals surface area contributed by atoms with E-state index in [1.165, 1.54) is 16.7 Å². The van der Waals surface area contributed by atoms with Crippen molar-refractivity contribution < 1.29 is 4.74 Å². The number of fused-ring (bicyclic) bond motifs is 2. The summed E-state index contributed by atoms with van der Waals surface area (Å²) < 4.78 is 7.80. The smallest absolute Gasteiger partial charge is 0.261 e. The molecule has 1 aromatic carbocycles. The topological polar surface area (TPSA) is 100 Å². The predicted octanol–water partition coefficient (Wildman–Crippen LogP) is 3.20. The molecule has 0 saturated heterocycles. The van der Waals surface area contributed by atoms with Crippen LogP contribution in [0.25, 0.3) is 21.5 Å². The quantitative estimate of drug-likeness (QED) is 0.367. The Kier molecular flexibility index (Phi) is 6.74. The molecule has 0 N–H and O–H groups in total. The molecule has 35 heavy (non-hydrogen) atoms. The summed E-state index contributed by atoms with van der Waals surface area (Å²) in [6.45, 7) is 8.19. The Hall–Kier alpha value is -3.55. The Morgan fingerprint density at radius 3 is 1.91 bits per heavy atom. The number of benzene rings is 1. The van der Waals surface area contributed by atoms with E-state index in [1.54, 1.807) is 13.3 Å². The van der Waals surface area contributed by atoms with E-state index in [9.17, 15) is 19.2 Å². The largest absolute Gasteiger partial charge is 0.496 e. The van der Waals surface area contributed by atoms with Gasteiger partial charge < -0.3 is 4.74 Å². The van der Waals surface area contributed by atoms with Crippen molar-refractivity contribution in [2.45, 2.75) is 66.5 Å².